The van der Waals surface area contributed by atoms with Gasteiger partial charge in [0.2, 0.25) is 0 Å². The molecule has 3 heteroatoms. The minimum absolute atomic E-state index is 0.0268. The number of hydrogen-bond acceptors (Lipinski definition) is 3. The molecule has 0 unspecified atom stereocenters. The third-order valence-corrected chi connectivity index (χ3v) is 11.1. The van der Waals surface area contributed by atoms with Crippen molar-refractivity contribution in [3.63, 3.8) is 0 Å². The number of allylic oxidation sites excluding steroid dienone is 1. The van der Waals surface area contributed by atoms with Crippen LogP contribution in [0.4, 0.5) is 0 Å². The zero-order valence-electron chi connectivity index (χ0n) is 17.8. The van der Waals surface area contributed by atoms with E-state index in [0.29, 0.717) is 41.8 Å². The third kappa shape index (κ3) is 1.80. The molecule has 10 atom stereocenters. The topological polar surface area (TPSA) is 43.4 Å². The second-order valence-corrected chi connectivity index (χ2v) is 11.7. The fourth-order valence-electron chi connectivity index (χ4n) is 9.66. The molecule has 1 aliphatic heterocycles. The lowest BCUT2D eigenvalue weighted by atomic mass is 9.45. The van der Waals surface area contributed by atoms with Crippen LogP contribution in [0.2, 0.25) is 0 Å². The molecule has 1 saturated heterocycles. The highest BCUT2D eigenvalue weighted by atomic mass is 16.6. The van der Waals surface area contributed by atoms with E-state index in [1.165, 1.54) is 24.8 Å². The van der Waals surface area contributed by atoms with Crippen molar-refractivity contribution < 1.29 is 14.3 Å². The van der Waals surface area contributed by atoms with Crippen molar-refractivity contribution in [2.24, 2.45) is 52.3 Å². The van der Waals surface area contributed by atoms with E-state index in [1.807, 2.05) is 0 Å². The Morgan fingerprint density at radius 2 is 1.86 bits per heavy atom. The van der Waals surface area contributed by atoms with Crippen LogP contribution in [0.3, 0.4) is 0 Å². The minimum Gasteiger partial charge on any atom is -0.458 e. The van der Waals surface area contributed by atoms with Gasteiger partial charge in [0.25, 0.3) is 0 Å². The van der Waals surface area contributed by atoms with E-state index >= 15 is 0 Å². The summed E-state index contributed by atoms with van der Waals surface area (Å²) in [5.74, 6) is 4.96. The van der Waals surface area contributed by atoms with Crippen molar-refractivity contribution in [2.75, 3.05) is 0 Å². The van der Waals surface area contributed by atoms with Gasteiger partial charge in [0.05, 0.1) is 0 Å². The van der Waals surface area contributed by atoms with Crippen molar-refractivity contribution in [3.8, 4) is 0 Å². The number of rotatable bonds is 0. The summed E-state index contributed by atoms with van der Waals surface area (Å²) in [5.41, 5.74) is 1.62. The molecule has 5 aliphatic carbocycles. The van der Waals surface area contributed by atoms with Crippen LogP contribution in [0.5, 0.6) is 0 Å². The molecule has 0 aromatic heterocycles. The molecular weight excluding hydrogens is 348 g/mol. The largest absolute Gasteiger partial charge is 0.458 e. The van der Waals surface area contributed by atoms with Crippen molar-refractivity contribution in [2.45, 2.75) is 78.2 Å². The van der Waals surface area contributed by atoms with Crippen LogP contribution in [0.1, 0.15) is 72.6 Å². The van der Waals surface area contributed by atoms with Gasteiger partial charge in [-0.1, -0.05) is 33.3 Å². The third-order valence-electron chi connectivity index (χ3n) is 11.1. The first kappa shape index (κ1) is 17.7. The molecule has 0 bridgehead atoms. The highest BCUT2D eigenvalue weighted by Crippen LogP contribution is 2.77. The predicted octanol–water partition coefficient (Wildman–Crippen LogP) is 4.94. The summed E-state index contributed by atoms with van der Waals surface area (Å²) >= 11 is 0. The summed E-state index contributed by atoms with van der Waals surface area (Å²) in [6, 6.07) is 0. The minimum atomic E-state index is -0.233. The smallest absolute Gasteiger partial charge is 0.306 e. The lowest BCUT2D eigenvalue weighted by molar-refractivity contribution is -0.174. The van der Waals surface area contributed by atoms with Gasteiger partial charge in [-0.05, 0) is 85.0 Å². The van der Waals surface area contributed by atoms with Gasteiger partial charge in [-0.3, -0.25) is 9.59 Å². The first-order valence-electron chi connectivity index (χ1n) is 11.7. The van der Waals surface area contributed by atoms with E-state index in [9.17, 15) is 9.59 Å². The lowest BCUT2D eigenvalue weighted by Gasteiger charge is -2.59. The molecule has 1 heterocycles. The Bertz CT molecular complexity index is 813. The number of carbonyl (C=O) groups excluding carboxylic acids is 2. The molecule has 6 aliphatic rings. The van der Waals surface area contributed by atoms with E-state index in [1.54, 1.807) is 0 Å². The van der Waals surface area contributed by atoms with E-state index in [2.05, 4.69) is 33.8 Å². The standard InChI is InChI=1S/C25H34O3/c1-13-14(2)25(10-7-20(27)28-25)24(4)9-6-18-21(22(13)24)17-12-16(17)19-11-15(26)5-8-23(18,19)3/h11,13-14,16-18,21-22H,5-10,12H2,1-4H3/t13-,14+,16-,17+,18+,21-,22+,23-,24+,25+/m1/s1. The van der Waals surface area contributed by atoms with Gasteiger partial charge in [0.1, 0.15) is 5.60 Å². The summed E-state index contributed by atoms with van der Waals surface area (Å²) in [5, 5.41) is 0. The maximum absolute atomic E-state index is 12.2. The summed E-state index contributed by atoms with van der Waals surface area (Å²) in [6.07, 6.45) is 9.07. The van der Waals surface area contributed by atoms with Crippen LogP contribution < -0.4 is 0 Å². The molecule has 0 aromatic carbocycles. The molecule has 6 rings (SSSR count). The number of carbonyl (C=O) groups is 2. The fraction of sp³-hybridized carbons (Fsp3) is 0.840. The maximum Gasteiger partial charge on any atom is 0.306 e. The molecule has 5 fully saturated rings. The van der Waals surface area contributed by atoms with Gasteiger partial charge in [0, 0.05) is 18.3 Å². The molecule has 0 N–H and O–H groups in total. The van der Waals surface area contributed by atoms with Gasteiger partial charge in [-0.2, -0.15) is 0 Å². The molecule has 0 aromatic rings. The average molecular weight is 383 g/mol. The van der Waals surface area contributed by atoms with Crippen LogP contribution in [0.15, 0.2) is 11.6 Å². The molecule has 3 nitrogen and oxygen atoms in total. The Morgan fingerprint density at radius 3 is 2.57 bits per heavy atom. The first-order chi connectivity index (χ1) is 13.2. The van der Waals surface area contributed by atoms with Crippen LogP contribution in [0, 0.1) is 52.3 Å². The summed E-state index contributed by atoms with van der Waals surface area (Å²) in [6.45, 7) is 9.77. The molecule has 0 radical (unpaired) electrons. The molecular formula is C25H34O3. The van der Waals surface area contributed by atoms with Gasteiger partial charge in [-0.15, -0.1) is 0 Å². The van der Waals surface area contributed by atoms with E-state index < -0.39 is 0 Å². The molecule has 152 valence electrons. The van der Waals surface area contributed by atoms with Gasteiger partial charge >= 0.3 is 5.97 Å². The second-order valence-electron chi connectivity index (χ2n) is 11.7. The number of fused-ring (bicyclic) bond motifs is 9. The zero-order chi connectivity index (χ0) is 19.6. The Hall–Kier alpha value is -1.12. The maximum atomic E-state index is 12.2. The van der Waals surface area contributed by atoms with Crippen molar-refractivity contribution in [3.05, 3.63) is 11.6 Å². The first-order valence-corrected chi connectivity index (χ1v) is 11.7. The van der Waals surface area contributed by atoms with Crippen LogP contribution in [-0.4, -0.2) is 17.4 Å². The summed E-state index contributed by atoms with van der Waals surface area (Å²) in [7, 11) is 0. The highest BCUT2D eigenvalue weighted by Gasteiger charge is 2.75. The fourth-order valence-corrected chi connectivity index (χ4v) is 9.66. The number of ether oxygens (including phenoxy) is 1. The second kappa shape index (κ2) is 5.13. The number of hydrogen-bond donors (Lipinski definition) is 0. The SMILES string of the molecule is C[C@H]1[C@H]2[C@@H]3[C@H]4C[C@H]4C4=CC(=O)CC[C@]4(C)[C@H]3CC[C@]2(C)[C@]2(CCC(=O)O2)[C@H]1C. The predicted molar refractivity (Wildman–Crippen MR) is 106 cm³/mol. The molecule has 4 saturated carbocycles. The van der Waals surface area contributed by atoms with Gasteiger partial charge < -0.3 is 4.74 Å². The van der Waals surface area contributed by atoms with E-state index in [0.717, 1.165) is 31.1 Å². The molecule has 28 heavy (non-hydrogen) atoms. The van der Waals surface area contributed by atoms with Crippen LogP contribution >= 0.6 is 0 Å². The number of esters is 1. The Kier molecular flexibility index (Phi) is 3.25. The van der Waals surface area contributed by atoms with Gasteiger partial charge in [-0.25, -0.2) is 0 Å². The lowest BCUT2D eigenvalue weighted by Crippen LogP contribution is -2.56. The molecule has 1 spiro atoms. The summed E-state index contributed by atoms with van der Waals surface area (Å²) < 4.78 is 6.24. The number of ketones is 1. The van der Waals surface area contributed by atoms with E-state index in [4.69, 9.17) is 4.74 Å². The molecule has 0 amide bonds. The quantitative estimate of drug-likeness (QED) is 0.557. The summed E-state index contributed by atoms with van der Waals surface area (Å²) in [4.78, 5) is 24.4. The monoisotopic (exact) mass is 382 g/mol. The van der Waals surface area contributed by atoms with Crippen molar-refractivity contribution >= 4 is 11.8 Å². The normalized spacial score (nSPS) is 59.1. The van der Waals surface area contributed by atoms with Crippen LogP contribution in [0.25, 0.3) is 0 Å². The van der Waals surface area contributed by atoms with E-state index in [-0.39, 0.29) is 22.4 Å². The Balaban J connectivity index is 1.45. The highest BCUT2D eigenvalue weighted by molar-refractivity contribution is 5.92. The van der Waals surface area contributed by atoms with Crippen LogP contribution in [-0.2, 0) is 14.3 Å². The van der Waals surface area contributed by atoms with Crippen molar-refractivity contribution in [1.29, 1.82) is 0 Å². The van der Waals surface area contributed by atoms with Crippen molar-refractivity contribution in [1.82, 2.24) is 0 Å². The van der Waals surface area contributed by atoms with Gasteiger partial charge in [0.15, 0.2) is 5.78 Å². The Morgan fingerprint density at radius 1 is 1.07 bits per heavy atom. The average Bonchev–Trinajstić information content (AvgIpc) is 3.32. The zero-order valence-corrected chi connectivity index (χ0v) is 17.8. The Labute approximate surface area is 168 Å².